The fourth-order valence-electron chi connectivity index (χ4n) is 1.40. The second-order valence-corrected chi connectivity index (χ2v) is 4.47. The fraction of sp³-hybridized carbons (Fsp3) is 0.250. The second kappa shape index (κ2) is 4.67. The van der Waals surface area contributed by atoms with Crippen molar-refractivity contribution in [3.8, 4) is 11.4 Å². The zero-order valence-electron chi connectivity index (χ0n) is 9.68. The van der Waals surface area contributed by atoms with Crippen LogP contribution in [0.2, 0.25) is 5.02 Å². The molecule has 0 saturated heterocycles. The van der Waals surface area contributed by atoms with E-state index in [1.165, 1.54) is 0 Å². The molecule has 0 bridgehead atoms. The van der Waals surface area contributed by atoms with Gasteiger partial charge in [0, 0.05) is 16.5 Å². The Morgan fingerprint density at radius 2 is 1.71 bits per heavy atom. The maximum absolute atomic E-state index is 5.83. The van der Waals surface area contributed by atoms with Gasteiger partial charge in [0.15, 0.2) is 5.82 Å². The Balaban J connectivity index is 2.48. The molecule has 0 fully saturated rings. The first kappa shape index (κ1) is 11.8. The molecule has 17 heavy (non-hydrogen) atoms. The minimum absolute atomic E-state index is 0.214. The first-order valence-electron chi connectivity index (χ1n) is 5.33. The number of aromatic nitrogens is 3. The van der Waals surface area contributed by atoms with Gasteiger partial charge in [-0.05, 0) is 24.3 Å². The molecule has 1 heterocycles. The standard InChI is InChI=1S/C12H13ClN4/c1-7(2)10-15-11(17-12(14)16-10)8-3-5-9(13)6-4-8/h3-7H,1-2H3,(H2,14,15,16,17). The fourth-order valence-corrected chi connectivity index (χ4v) is 1.52. The molecule has 4 nitrogen and oxygen atoms in total. The molecular weight excluding hydrogens is 236 g/mol. The van der Waals surface area contributed by atoms with Crippen LogP contribution in [-0.2, 0) is 0 Å². The van der Waals surface area contributed by atoms with E-state index < -0.39 is 0 Å². The molecule has 0 atom stereocenters. The van der Waals surface area contributed by atoms with Crippen LogP contribution in [0, 0.1) is 0 Å². The van der Waals surface area contributed by atoms with Crippen molar-refractivity contribution in [1.82, 2.24) is 15.0 Å². The van der Waals surface area contributed by atoms with Gasteiger partial charge in [-0.25, -0.2) is 4.98 Å². The highest BCUT2D eigenvalue weighted by Gasteiger charge is 2.09. The molecule has 1 aromatic heterocycles. The topological polar surface area (TPSA) is 64.7 Å². The van der Waals surface area contributed by atoms with Crippen LogP contribution in [0.1, 0.15) is 25.6 Å². The van der Waals surface area contributed by atoms with Crippen molar-refractivity contribution in [3.05, 3.63) is 35.1 Å². The summed E-state index contributed by atoms with van der Waals surface area (Å²) in [5.41, 5.74) is 6.56. The molecule has 0 radical (unpaired) electrons. The van der Waals surface area contributed by atoms with E-state index in [0.29, 0.717) is 16.7 Å². The van der Waals surface area contributed by atoms with Gasteiger partial charge in [-0.15, -0.1) is 0 Å². The number of halogens is 1. The Hall–Kier alpha value is -1.68. The van der Waals surface area contributed by atoms with E-state index in [0.717, 1.165) is 5.56 Å². The van der Waals surface area contributed by atoms with Gasteiger partial charge < -0.3 is 5.73 Å². The molecule has 88 valence electrons. The van der Waals surface area contributed by atoms with Crippen LogP contribution in [0.5, 0.6) is 0 Å². The molecule has 0 aliphatic rings. The molecule has 0 spiro atoms. The summed E-state index contributed by atoms with van der Waals surface area (Å²) in [6.07, 6.45) is 0. The van der Waals surface area contributed by atoms with Crippen molar-refractivity contribution >= 4 is 17.5 Å². The van der Waals surface area contributed by atoms with Crippen LogP contribution < -0.4 is 5.73 Å². The zero-order valence-corrected chi connectivity index (χ0v) is 10.4. The minimum atomic E-state index is 0.214. The SMILES string of the molecule is CC(C)c1nc(N)nc(-c2ccc(Cl)cc2)n1. The van der Waals surface area contributed by atoms with Crippen molar-refractivity contribution in [2.45, 2.75) is 19.8 Å². The first-order valence-corrected chi connectivity index (χ1v) is 5.71. The molecule has 0 amide bonds. The van der Waals surface area contributed by atoms with Gasteiger partial charge in [0.25, 0.3) is 0 Å². The summed E-state index contributed by atoms with van der Waals surface area (Å²) in [5.74, 6) is 1.74. The predicted octanol–water partition coefficient (Wildman–Crippen LogP) is 2.90. The number of hydrogen-bond donors (Lipinski definition) is 1. The van der Waals surface area contributed by atoms with Crippen molar-refractivity contribution < 1.29 is 0 Å². The van der Waals surface area contributed by atoms with Gasteiger partial charge in [-0.2, -0.15) is 9.97 Å². The monoisotopic (exact) mass is 248 g/mol. The second-order valence-electron chi connectivity index (χ2n) is 4.04. The molecule has 0 aliphatic heterocycles. The van der Waals surface area contributed by atoms with Gasteiger partial charge in [0.05, 0.1) is 0 Å². The number of nitrogen functional groups attached to an aromatic ring is 1. The number of anilines is 1. The van der Waals surface area contributed by atoms with Crippen molar-refractivity contribution in [1.29, 1.82) is 0 Å². The van der Waals surface area contributed by atoms with Gasteiger partial charge in [0.2, 0.25) is 5.95 Å². The van der Waals surface area contributed by atoms with Crippen LogP contribution in [0.15, 0.2) is 24.3 Å². The van der Waals surface area contributed by atoms with E-state index >= 15 is 0 Å². The number of benzene rings is 1. The first-order chi connectivity index (χ1) is 8.06. The summed E-state index contributed by atoms with van der Waals surface area (Å²) in [6, 6.07) is 7.32. The van der Waals surface area contributed by atoms with Gasteiger partial charge in [0.1, 0.15) is 5.82 Å². The number of nitrogens with zero attached hydrogens (tertiary/aromatic N) is 3. The predicted molar refractivity (Wildman–Crippen MR) is 68.8 cm³/mol. The zero-order chi connectivity index (χ0) is 12.4. The highest BCUT2D eigenvalue weighted by molar-refractivity contribution is 6.30. The van der Waals surface area contributed by atoms with Crippen LogP contribution in [0.3, 0.4) is 0 Å². The van der Waals surface area contributed by atoms with E-state index in [2.05, 4.69) is 15.0 Å². The number of nitrogens with two attached hydrogens (primary N) is 1. The maximum Gasteiger partial charge on any atom is 0.223 e. The van der Waals surface area contributed by atoms with Crippen LogP contribution in [0.4, 0.5) is 5.95 Å². The number of rotatable bonds is 2. The summed E-state index contributed by atoms with van der Waals surface area (Å²) in [7, 11) is 0. The van der Waals surface area contributed by atoms with Gasteiger partial charge in [-0.3, -0.25) is 0 Å². The lowest BCUT2D eigenvalue weighted by Gasteiger charge is -2.07. The molecule has 2 rings (SSSR count). The quantitative estimate of drug-likeness (QED) is 0.888. The lowest BCUT2D eigenvalue weighted by Crippen LogP contribution is -2.06. The van der Waals surface area contributed by atoms with E-state index in [4.69, 9.17) is 17.3 Å². The Bertz CT molecular complexity index is 523. The highest BCUT2D eigenvalue weighted by atomic mass is 35.5. The van der Waals surface area contributed by atoms with Gasteiger partial charge in [-0.1, -0.05) is 25.4 Å². The Kier molecular flexibility index (Phi) is 3.24. The summed E-state index contributed by atoms with van der Waals surface area (Å²) < 4.78 is 0. The van der Waals surface area contributed by atoms with E-state index in [1.807, 2.05) is 26.0 Å². The summed E-state index contributed by atoms with van der Waals surface area (Å²) >= 11 is 5.83. The normalized spacial score (nSPS) is 10.8. The van der Waals surface area contributed by atoms with Crippen LogP contribution in [-0.4, -0.2) is 15.0 Å². The molecule has 2 N–H and O–H groups in total. The smallest absolute Gasteiger partial charge is 0.223 e. The number of hydrogen-bond acceptors (Lipinski definition) is 4. The molecule has 1 aromatic carbocycles. The largest absolute Gasteiger partial charge is 0.368 e. The highest BCUT2D eigenvalue weighted by Crippen LogP contribution is 2.20. The third kappa shape index (κ3) is 2.71. The Morgan fingerprint density at radius 3 is 2.29 bits per heavy atom. The van der Waals surface area contributed by atoms with Crippen molar-refractivity contribution in [2.75, 3.05) is 5.73 Å². The molecule has 0 saturated carbocycles. The van der Waals surface area contributed by atoms with E-state index in [9.17, 15) is 0 Å². The average Bonchev–Trinajstić information content (AvgIpc) is 2.29. The van der Waals surface area contributed by atoms with Crippen LogP contribution >= 0.6 is 11.6 Å². The summed E-state index contributed by atoms with van der Waals surface area (Å²) in [4.78, 5) is 12.6. The molecular formula is C12H13ClN4. The van der Waals surface area contributed by atoms with Crippen molar-refractivity contribution in [2.24, 2.45) is 0 Å². The molecule has 0 aliphatic carbocycles. The van der Waals surface area contributed by atoms with Crippen molar-refractivity contribution in [3.63, 3.8) is 0 Å². The van der Waals surface area contributed by atoms with E-state index in [-0.39, 0.29) is 11.9 Å². The van der Waals surface area contributed by atoms with E-state index in [1.54, 1.807) is 12.1 Å². The lowest BCUT2D eigenvalue weighted by atomic mass is 10.2. The maximum atomic E-state index is 5.83. The molecule has 5 heteroatoms. The Morgan fingerprint density at radius 1 is 1.06 bits per heavy atom. The average molecular weight is 249 g/mol. The molecule has 2 aromatic rings. The molecule has 0 unspecified atom stereocenters. The van der Waals surface area contributed by atoms with Crippen LogP contribution in [0.25, 0.3) is 11.4 Å². The third-order valence-corrected chi connectivity index (χ3v) is 2.54. The Labute approximate surface area is 105 Å². The summed E-state index contributed by atoms with van der Waals surface area (Å²) in [5, 5.41) is 0.680. The lowest BCUT2D eigenvalue weighted by molar-refractivity contribution is 0.767. The van der Waals surface area contributed by atoms with Gasteiger partial charge >= 0.3 is 0 Å². The minimum Gasteiger partial charge on any atom is -0.368 e. The third-order valence-electron chi connectivity index (χ3n) is 2.29. The summed E-state index contributed by atoms with van der Waals surface area (Å²) in [6.45, 7) is 4.03.